The Kier molecular flexibility index (Phi) is 6.16. The number of aromatic nitrogens is 2. The highest BCUT2D eigenvalue weighted by Crippen LogP contribution is 2.22. The molecule has 0 saturated heterocycles. The van der Waals surface area contributed by atoms with Gasteiger partial charge in [0.05, 0.1) is 22.5 Å². The van der Waals surface area contributed by atoms with Crippen LogP contribution >= 0.6 is 15.9 Å². The zero-order valence-corrected chi connectivity index (χ0v) is 12.5. The van der Waals surface area contributed by atoms with Crippen molar-refractivity contribution in [1.29, 1.82) is 0 Å². The number of aryl methyl sites for hydroxylation is 2. The third-order valence-electron chi connectivity index (χ3n) is 2.78. The molecule has 5 heteroatoms. The Morgan fingerprint density at radius 3 is 2.59 bits per heavy atom. The highest BCUT2D eigenvalue weighted by Gasteiger charge is 2.15. The first kappa shape index (κ1) is 14.7. The smallest absolute Gasteiger partial charge is 0.0739 e. The molecule has 1 heterocycles. The van der Waals surface area contributed by atoms with Crippen molar-refractivity contribution in [2.45, 2.75) is 40.3 Å². The lowest BCUT2D eigenvalue weighted by Gasteiger charge is -2.21. The molecule has 0 radical (unpaired) electrons. The Morgan fingerprint density at radius 1 is 1.35 bits per heavy atom. The molecule has 0 fully saturated rings. The summed E-state index contributed by atoms with van der Waals surface area (Å²) in [5.41, 5.74) is 2.23. The van der Waals surface area contributed by atoms with Crippen LogP contribution in [0.25, 0.3) is 0 Å². The van der Waals surface area contributed by atoms with Gasteiger partial charge in [-0.25, -0.2) is 0 Å². The fraction of sp³-hybridized carbons (Fsp3) is 0.750. The van der Waals surface area contributed by atoms with Crippen LogP contribution in [-0.4, -0.2) is 39.5 Å². The van der Waals surface area contributed by atoms with Crippen LogP contribution in [0.1, 0.15) is 31.7 Å². The van der Waals surface area contributed by atoms with Crippen molar-refractivity contribution in [3.8, 4) is 0 Å². The topological polar surface area (TPSA) is 41.3 Å². The van der Waals surface area contributed by atoms with Crippen LogP contribution in [0.2, 0.25) is 0 Å². The predicted octanol–water partition coefficient (Wildman–Crippen LogP) is 2.18. The lowest BCUT2D eigenvalue weighted by Crippen LogP contribution is -2.28. The molecule has 0 atom stereocenters. The van der Waals surface area contributed by atoms with Gasteiger partial charge in [0.25, 0.3) is 0 Å². The molecule has 1 aromatic heterocycles. The predicted molar refractivity (Wildman–Crippen MR) is 73.0 cm³/mol. The molecule has 1 rings (SSSR count). The fourth-order valence-corrected chi connectivity index (χ4v) is 2.37. The van der Waals surface area contributed by atoms with Crippen LogP contribution in [0.4, 0.5) is 0 Å². The minimum absolute atomic E-state index is 0.205. The van der Waals surface area contributed by atoms with Gasteiger partial charge in [0.1, 0.15) is 0 Å². The third kappa shape index (κ3) is 3.79. The van der Waals surface area contributed by atoms with E-state index >= 15 is 0 Å². The molecule has 0 saturated carbocycles. The second-order valence-electron chi connectivity index (χ2n) is 4.16. The Labute approximate surface area is 112 Å². The van der Waals surface area contributed by atoms with Gasteiger partial charge in [-0.15, -0.1) is 0 Å². The minimum Gasteiger partial charge on any atom is -0.395 e. The molecule has 1 aromatic rings. The molecular formula is C12H22BrN3O. The maximum absolute atomic E-state index is 9.07. The molecule has 4 nitrogen and oxygen atoms in total. The van der Waals surface area contributed by atoms with Crippen molar-refractivity contribution in [2.75, 3.05) is 19.7 Å². The summed E-state index contributed by atoms with van der Waals surface area (Å²) in [6, 6.07) is 0. The van der Waals surface area contributed by atoms with Crippen molar-refractivity contribution in [3.63, 3.8) is 0 Å². The number of aliphatic hydroxyl groups excluding tert-OH is 1. The monoisotopic (exact) mass is 303 g/mol. The van der Waals surface area contributed by atoms with E-state index in [4.69, 9.17) is 5.11 Å². The second-order valence-corrected chi connectivity index (χ2v) is 4.95. The van der Waals surface area contributed by atoms with E-state index in [1.54, 1.807) is 0 Å². The van der Waals surface area contributed by atoms with E-state index in [2.05, 4.69) is 39.8 Å². The molecule has 0 aromatic carbocycles. The van der Waals surface area contributed by atoms with Crippen LogP contribution in [-0.2, 0) is 13.1 Å². The molecule has 0 amide bonds. The number of rotatable bonds is 7. The summed E-state index contributed by atoms with van der Waals surface area (Å²) in [7, 11) is 0. The summed E-state index contributed by atoms with van der Waals surface area (Å²) in [5.74, 6) is 0. The summed E-state index contributed by atoms with van der Waals surface area (Å²) < 4.78 is 3.12. The van der Waals surface area contributed by atoms with Crippen molar-refractivity contribution in [1.82, 2.24) is 14.7 Å². The summed E-state index contributed by atoms with van der Waals surface area (Å²) >= 11 is 3.60. The Morgan fingerprint density at radius 2 is 2.06 bits per heavy atom. The number of halogens is 1. The molecule has 0 spiro atoms. The Bertz CT molecular complexity index is 346. The summed E-state index contributed by atoms with van der Waals surface area (Å²) in [5, 5.41) is 13.5. The molecule has 0 bridgehead atoms. The molecule has 98 valence electrons. The molecule has 17 heavy (non-hydrogen) atoms. The van der Waals surface area contributed by atoms with Crippen molar-refractivity contribution in [2.24, 2.45) is 0 Å². The van der Waals surface area contributed by atoms with Gasteiger partial charge >= 0.3 is 0 Å². The second kappa shape index (κ2) is 7.13. The van der Waals surface area contributed by atoms with Gasteiger partial charge in [-0.05, 0) is 42.7 Å². The van der Waals surface area contributed by atoms with Crippen molar-refractivity contribution < 1.29 is 5.11 Å². The van der Waals surface area contributed by atoms with Gasteiger partial charge in [-0.3, -0.25) is 9.58 Å². The number of hydrogen-bond donors (Lipinski definition) is 1. The summed E-state index contributed by atoms with van der Waals surface area (Å²) in [6.45, 7) is 9.90. The summed E-state index contributed by atoms with van der Waals surface area (Å²) in [6.07, 6.45) is 1.09. The molecule has 1 N–H and O–H groups in total. The van der Waals surface area contributed by atoms with E-state index in [-0.39, 0.29) is 6.61 Å². The standard InChI is InChI=1S/C12H22BrN3O/c1-4-6-15(7-8-17)9-11-12(13)10(3)14-16(11)5-2/h17H,4-9H2,1-3H3. The SMILES string of the molecule is CCCN(CCO)Cc1c(Br)c(C)nn1CC. The van der Waals surface area contributed by atoms with Crippen LogP contribution in [0.15, 0.2) is 4.47 Å². The number of nitrogens with zero attached hydrogens (tertiary/aromatic N) is 3. The van der Waals surface area contributed by atoms with Gasteiger partial charge < -0.3 is 5.11 Å². The molecule has 0 aliphatic rings. The average molecular weight is 304 g/mol. The van der Waals surface area contributed by atoms with Crippen LogP contribution in [0.5, 0.6) is 0 Å². The summed E-state index contributed by atoms with van der Waals surface area (Å²) in [4.78, 5) is 2.26. The van der Waals surface area contributed by atoms with E-state index < -0.39 is 0 Å². The Hall–Kier alpha value is -0.390. The Balaban J connectivity index is 2.83. The maximum Gasteiger partial charge on any atom is 0.0739 e. The number of hydrogen-bond acceptors (Lipinski definition) is 3. The van der Waals surface area contributed by atoms with Gasteiger partial charge in [0, 0.05) is 19.6 Å². The minimum atomic E-state index is 0.205. The van der Waals surface area contributed by atoms with Gasteiger partial charge in [-0.2, -0.15) is 5.10 Å². The van der Waals surface area contributed by atoms with Crippen molar-refractivity contribution in [3.05, 3.63) is 15.9 Å². The lowest BCUT2D eigenvalue weighted by molar-refractivity contribution is 0.186. The quantitative estimate of drug-likeness (QED) is 0.839. The van der Waals surface area contributed by atoms with Gasteiger partial charge in [0.15, 0.2) is 0 Å². The molecule has 0 aliphatic heterocycles. The number of aliphatic hydroxyl groups is 1. The lowest BCUT2D eigenvalue weighted by atomic mass is 10.3. The van der Waals surface area contributed by atoms with E-state index in [9.17, 15) is 0 Å². The maximum atomic E-state index is 9.07. The molecule has 0 unspecified atom stereocenters. The third-order valence-corrected chi connectivity index (χ3v) is 3.81. The van der Waals surface area contributed by atoms with Crippen molar-refractivity contribution >= 4 is 15.9 Å². The van der Waals surface area contributed by atoms with Gasteiger partial charge in [0.2, 0.25) is 0 Å². The van der Waals surface area contributed by atoms with E-state index in [0.717, 1.165) is 36.2 Å². The van der Waals surface area contributed by atoms with Gasteiger partial charge in [-0.1, -0.05) is 6.92 Å². The fourth-order valence-electron chi connectivity index (χ4n) is 1.96. The molecular weight excluding hydrogens is 282 g/mol. The highest BCUT2D eigenvalue weighted by atomic mass is 79.9. The van der Waals surface area contributed by atoms with Crippen LogP contribution < -0.4 is 0 Å². The first-order valence-corrected chi connectivity index (χ1v) is 6.98. The van der Waals surface area contributed by atoms with Crippen LogP contribution in [0, 0.1) is 6.92 Å². The first-order valence-electron chi connectivity index (χ1n) is 6.19. The molecule has 0 aliphatic carbocycles. The van der Waals surface area contributed by atoms with E-state index in [1.165, 1.54) is 5.69 Å². The van der Waals surface area contributed by atoms with Crippen LogP contribution in [0.3, 0.4) is 0 Å². The van der Waals surface area contributed by atoms with E-state index in [1.807, 2.05) is 11.6 Å². The zero-order chi connectivity index (χ0) is 12.8. The zero-order valence-electron chi connectivity index (χ0n) is 10.9. The normalized spacial score (nSPS) is 11.4. The highest BCUT2D eigenvalue weighted by molar-refractivity contribution is 9.10. The average Bonchev–Trinajstić information content (AvgIpc) is 2.57. The first-order chi connectivity index (χ1) is 8.13. The largest absolute Gasteiger partial charge is 0.395 e. The van der Waals surface area contributed by atoms with E-state index in [0.29, 0.717) is 6.54 Å².